The van der Waals surface area contributed by atoms with Crippen LogP contribution in [0.3, 0.4) is 0 Å². The largest absolute Gasteiger partial charge is 0.399 e. The lowest BCUT2D eigenvalue weighted by atomic mass is 9.85. The highest BCUT2D eigenvalue weighted by molar-refractivity contribution is 7.52. The Kier molecular flexibility index (Phi) is 8.45. The Hall–Kier alpha value is -2.93. The first-order valence-corrected chi connectivity index (χ1v) is 17.0. The Labute approximate surface area is 257 Å². The number of hydrogen-bond acceptors (Lipinski definition) is 6. The van der Waals surface area contributed by atoms with Crippen molar-refractivity contribution in [2.75, 3.05) is 26.2 Å². The number of likely N-dealkylation sites (tertiary alicyclic amines) is 3. The first-order chi connectivity index (χ1) is 20.4. The molecule has 0 spiro atoms. The maximum atomic E-state index is 14.3. The van der Waals surface area contributed by atoms with Crippen molar-refractivity contribution in [3.05, 3.63) is 34.7 Å². The summed E-state index contributed by atoms with van der Waals surface area (Å²) in [7, 11) is -5.77. The molecule has 1 aromatic heterocycles. The predicted molar refractivity (Wildman–Crippen MR) is 159 cm³/mol. The zero-order valence-electron chi connectivity index (χ0n) is 25.0. The Bertz CT molecular complexity index is 1550. The number of rotatable bonds is 6. The van der Waals surface area contributed by atoms with Gasteiger partial charge in [0.15, 0.2) is 0 Å². The third kappa shape index (κ3) is 5.89. The van der Waals surface area contributed by atoms with Crippen LogP contribution in [-0.4, -0.2) is 92.4 Å². The highest BCUT2D eigenvalue weighted by Gasteiger charge is 2.51. The van der Waals surface area contributed by atoms with Gasteiger partial charge in [0.25, 0.3) is 5.91 Å². The molecule has 5 rings (SSSR count). The average molecular weight is 655 g/mol. The number of amides is 4. The summed E-state index contributed by atoms with van der Waals surface area (Å²) in [5, 5.41) is 3.01. The molecule has 4 amide bonds. The van der Waals surface area contributed by atoms with Gasteiger partial charge in [0, 0.05) is 49.3 Å². The van der Waals surface area contributed by atoms with Crippen molar-refractivity contribution in [2.24, 2.45) is 11.3 Å². The molecule has 0 aliphatic carbocycles. The quantitative estimate of drug-likeness (QED) is 0.405. The van der Waals surface area contributed by atoms with Crippen molar-refractivity contribution in [2.45, 2.75) is 70.7 Å². The van der Waals surface area contributed by atoms with E-state index in [9.17, 15) is 32.5 Å². The lowest BCUT2D eigenvalue weighted by molar-refractivity contribution is -0.146. The van der Waals surface area contributed by atoms with Crippen LogP contribution in [0.5, 0.6) is 0 Å². The molecule has 240 valence electrons. The van der Waals surface area contributed by atoms with Gasteiger partial charge in [0.2, 0.25) is 17.7 Å². The van der Waals surface area contributed by atoms with Gasteiger partial charge in [-0.15, -0.1) is 11.3 Å². The second-order valence-corrected chi connectivity index (χ2v) is 15.7. The Morgan fingerprint density at radius 1 is 1.05 bits per heavy atom. The van der Waals surface area contributed by atoms with Crippen LogP contribution in [0.4, 0.5) is 8.78 Å². The topological polar surface area (TPSA) is 148 Å². The molecule has 3 saturated heterocycles. The van der Waals surface area contributed by atoms with Gasteiger partial charge in [0.1, 0.15) is 12.1 Å². The molecule has 11 nitrogen and oxygen atoms in total. The molecule has 15 heteroatoms. The molecule has 44 heavy (non-hydrogen) atoms. The Balaban J connectivity index is 1.33. The molecule has 0 radical (unpaired) electrons. The van der Waals surface area contributed by atoms with Gasteiger partial charge in [-0.2, -0.15) is 8.78 Å². The number of alkyl halides is 2. The van der Waals surface area contributed by atoms with E-state index in [-0.39, 0.29) is 39.9 Å². The third-order valence-electron chi connectivity index (χ3n) is 8.94. The number of thiophene rings is 1. The van der Waals surface area contributed by atoms with Crippen LogP contribution >= 0.6 is 18.9 Å². The first kappa shape index (κ1) is 32.5. The maximum Gasteiger partial charge on any atom is 0.399 e. The van der Waals surface area contributed by atoms with E-state index in [2.05, 4.69) is 5.32 Å². The van der Waals surface area contributed by atoms with Crippen LogP contribution in [0.15, 0.2) is 24.3 Å². The van der Waals surface area contributed by atoms with E-state index in [4.69, 9.17) is 9.79 Å². The summed E-state index contributed by atoms with van der Waals surface area (Å²) in [6, 6.07) is 2.72. The fourth-order valence-corrected chi connectivity index (χ4v) is 7.92. The molecule has 4 atom stereocenters. The van der Waals surface area contributed by atoms with E-state index in [1.54, 1.807) is 30.6 Å². The smallest absolute Gasteiger partial charge is 0.341 e. The molecule has 3 fully saturated rings. The number of nitrogens with one attached hydrogen (secondary N) is 1. The number of fused-ring (bicyclic) bond motifs is 2. The summed E-state index contributed by atoms with van der Waals surface area (Å²) in [6.45, 7) is 8.95. The van der Waals surface area contributed by atoms with Crippen LogP contribution in [0.1, 0.15) is 62.2 Å². The van der Waals surface area contributed by atoms with E-state index < -0.39 is 42.2 Å². The van der Waals surface area contributed by atoms with Crippen molar-refractivity contribution in [1.29, 1.82) is 0 Å². The van der Waals surface area contributed by atoms with E-state index in [1.807, 2.05) is 4.90 Å². The molecule has 0 bridgehead atoms. The number of nitrogens with zero attached hydrogens (tertiary/aromatic N) is 3. The zero-order chi connectivity index (χ0) is 32.4. The van der Waals surface area contributed by atoms with Gasteiger partial charge < -0.3 is 29.8 Å². The minimum atomic E-state index is -5.77. The van der Waals surface area contributed by atoms with Crippen LogP contribution in [0, 0.1) is 11.3 Å². The molecule has 1 aromatic carbocycles. The lowest BCUT2D eigenvalue weighted by Crippen LogP contribution is -2.58. The molecular formula is C29H37F2N4O7PS. The molecule has 0 unspecified atom stereocenters. The van der Waals surface area contributed by atoms with Crippen molar-refractivity contribution >= 4 is 52.6 Å². The summed E-state index contributed by atoms with van der Waals surface area (Å²) in [5.41, 5.74) is -6.00. The molecule has 4 heterocycles. The van der Waals surface area contributed by atoms with Crippen molar-refractivity contribution in [3.63, 3.8) is 0 Å². The minimum Gasteiger partial charge on any atom is -0.341 e. The van der Waals surface area contributed by atoms with E-state index in [1.165, 1.54) is 19.1 Å². The monoisotopic (exact) mass is 654 g/mol. The molecule has 3 N–H and O–H groups in total. The van der Waals surface area contributed by atoms with Gasteiger partial charge in [0.05, 0.1) is 10.9 Å². The van der Waals surface area contributed by atoms with Crippen LogP contribution in [0.2, 0.25) is 0 Å². The average Bonchev–Trinajstić information content (AvgIpc) is 3.71. The lowest BCUT2D eigenvalue weighted by Gasteiger charge is -2.37. The van der Waals surface area contributed by atoms with E-state index in [0.29, 0.717) is 43.7 Å². The zero-order valence-corrected chi connectivity index (χ0v) is 26.7. The summed E-state index contributed by atoms with van der Waals surface area (Å²) < 4.78 is 40.3. The number of benzene rings is 1. The minimum absolute atomic E-state index is 0.0219. The molecule has 0 saturated carbocycles. The highest BCUT2D eigenvalue weighted by atomic mass is 32.1. The van der Waals surface area contributed by atoms with Gasteiger partial charge in [-0.25, -0.2) is 0 Å². The third-order valence-corrected chi connectivity index (χ3v) is 11.0. The van der Waals surface area contributed by atoms with Gasteiger partial charge in [-0.1, -0.05) is 26.8 Å². The second-order valence-electron chi connectivity index (χ2n) is 13.0. The SMILES string of the molecule is CC(=O)N1C[C@@H]2CCN(C(=O)[C@@H]3CCCN3C(=O)[C@@H](NC(=O)c3cc4cc(C(F)(F)P(=O)(O)O)ccc4s3)C(C)(C)C)[C@@H]2C1. The molecule has 3 aliphatic heterocycles. The van der Waals surface area contributed by atoms with E-state index in [0.717, 1.165) is 29.9 Å². The van der Waals surface area contributed by atoms with Crippen molar-refractivity contribution in [3.8, 4) is 0 Å². The van der Waals surface area contributed by atoms with E-state index >= 15 is 0 Å². The highest BCUT2D eigenvalue weighted by Crippen LogP contribution is 2.59. The number of carbonyl (C=O) groups is 4. The van der Waals surface area contributed by atoms with Crippen molar-refractivity contribution < 1.29 is 42.3 Å². The van der Waals surface area contributed by atoms with Gasteiger partial charge >= 0.3 is 13.3 Å². The number of halogens is 2. The molecular weight excluding hydrogens is 617 g/mol. The first-order valence-electron chi connectivity index (χ1n) is 14.5. The summed E-state index contributed by atoms with van der Waals surface area (Å²) in [5.74, 6) is -0.941. The predicted octanol–water partition coefficient (Wildman–Crippen LogP) is 3.34. The van der Waals surface area contributed by atoms with Crippen molar-refractivity contribution in [1.82, 2.24) is 20.0 Å². The maximum absolute atomic E-state index is 14.3. The standard InChI is InChI=1S/C29H37F2N4O7PS/c1-16(36)33-14-17-9-11-35(21(17)15-33)26(38)20-6-5-10-34(20)27(39)24(28(2,3)4)32-25(37)23-13-18-12-19(7-8-22(18)44-23)29(30,31)43(40,41)42/h7-8,12-13,17,20-21,24H,5-6,9-11,14-15H2,1-4H3,(H,32,37)(H2,40,41,42)/t17-,20-,21+,24+/m0/s1. The van der Waals surface area contributed by atoms with Crippen LogP contribution in [0.25, 0.3) is 10.1 Å². The van der Waals surface area contributed by atoms with Crippen LogP contribution in [-0.2, 0) is 24.6 Å². The number of carbonyl (C=O) groups excluding carboxylic acids is 4. The fraction of sp³-hybridized carbons (Fsp3) is 0.586. The Morgan fingerprint density at radius 3 is 2.39 bits per heavy atom. The Morgan fingerprint density at radius 2 is 1.75 bits per heavy atom. The second kappa shape index (κ2) is 11.5. The van der Waals surface area contributed by atoms with Gasteiger partial charge in [-0.05, 0) is 48.3 Å². The molecule has 3 aliphatic rings. The fourth-order valence-electron chi connectivity index (χ4n) is 6.50. The summed E-state index contributed by atoms with van der Waals surface area (Å²) in [6.07, 6.45) is 1.93. The summed E-state index contributed by atoms with van der Waals surface area (Å²) in [4.78, 5) is 76.6. The molecule has 2 aromatic rings. The normalized spacial score (nSPS) is 23.3. The van der Waals surface area contributed by atoms with Crippen LogP contribution < -0.4 is 5.32 Å². The summed E-state index contributed by atoms with van der Waals surface area (Å²) >= 11 is 0.997. The number of hydrogen-bond donors (Lipinski definition) is 3. The van der Waals surface area contributed by atoms with Gasteiger partial charge in [-0.3, -0.25) is 23.7 Å².